The van der Waals surface area contributed by atoms with Crippen LogP contribution >= 0.6 is 11.6 Å². The molecule has 0 bridgehead atoms. The molecule has 252 valence electrons. The number of amides is 2. The molecule has 5 rings (SSSR count). The Kier molecular flexibility index (Phi) is 11.6. The zero-order valence-corrected chi connectivity index (χ0v) is 28.6. The van der Waals surface area contributed by atoms with Crippen LogP contribution < -0.4 is 19.1 Å². The summed E-state index contributed by atoms with van der Waals surface area (Å²) in [6, 6.07) is 28.1. The molecule has 1 saturated carbocycles. The molecular formula is C37H40ClN3O6S. The fourth-order valence-corrected chi connectivity index (χ4v) is 7.44. The predicted molar refractivity (Wildman–Crippen MR) is 187 cm³/mol. The van der Waals surface area contributed by atoms with E-state index in [9.17, 15) is 18.0 Å². The topological polar surface area (TPSA) is 105 Å². The van der Waals surface area contributed by atoms with E-state index in [-0.39, 0.29) is 35.5 Å². The Bertz CT molecular complexity index is 1780. The van der Waals surface area contributed by atoms with Crippen molar-refractivity contribution >= 4 is 39.1 Å². The second kappa shape index (κ2) is 16.0. The molecule has 0 aliphatic heterocycles. The number of sulfonamides is 1. The number of benzene rings is 4. The standard InChI is InChI=1S/C37H40ClN3O6S/c1-46-32-19-21-34(22-20-32)48(44,45)41(31-17-15-29(38)16-18-31)26-36(42)40(25-28-11-8-14-33(23-28)47-2)35(24-27-9-4-3-5-10-27)37(43)39-30-12-6-7-13-30/h3-5,8-11,14-23,30,35H,6-7,12-13,24-26H2,1-2H3,(H,39,43)/t35-/m0/s1. The molecule has 11 heteroatoms. The lowest BCUT2D eigenvalue weighted by Gasteiger charge is -2.34. The molecule has 0 heterocycles. The molecule has 4 aromatic carbocycles. The molecule has 9 nitrogen and oxygen atoms in total. The lowest BCUT2D eigenvalue weighted by atomic mass is 10.0. The van der Waals surface area contributed by atoms with Gasteiger partial charge in [-0.1, -0.05) is 66.9 Å². The van der Waals surface area contributed by atoms with Crippen LogP contribution in [-0.2, 0) is 32.6 Å². The van der Waals surface area contributed by atoms with E-state index in [2.05, 4.69) is 5.32 Å². The van der Waals surface area contributed by atoms with Gasteiger partial charge in [-0.05, 0) is 84.6 Å². The van der Waals surface area contributed by atoms with Gasteiger partial charge in [0.1, 0.15) is 24.1 Å². The maximum atomic E-state index is 14.7. The van der Waals surface area contributed by atoms with E-state index < -0.39 is 28.5 Å². The second-order valence-electron chi connectivity index (χ2n) is 11.7. The molecule has 1 atom stereocenters. The van der Waals surface area contributed by atoms with Crippen molar-refractivity contribution in [3.8, 4) is 11.5 Å². The minimum Gasteiger partial charge on any atom is -0.497 e. The largest absolute Gasteiger partial charge is 0.497 e. The lowest BCUT2D eigenvalue weighted by Crippen LogP contribution is -2.54. The van der Waals surface area contributed by atoms with Crippen molar-refractivity contribution < 1.29 is 27.5 Å². The molecular weight excluding hydrogens is 650 g/mol. The smallest absolute Gasteiger partial charge is 0.264 e. The highest BCUT2D eigenvalue weighted by Crippen LogP contribution is 2.28. The molecule has 0 saturated heterocycles. The Hall–Kier alpha value is -4.54. The fraction of sp³-hybridized carbons (Fsp3) is 0.297. The Labute approximate surface area is 287 Å². The van der Waals surface area contributed by atoms with Gasteiger partial charge < -0.3 is 19.7 Å². The summed E-state index contributed by atoms with van der Waals surface area (Å²) in [4.78, 5) is 30.3. The summed E-state index contributed by atoms with van der Waals surface area (Å²) in [5, 5.41) is 3.60. The average Bonchev–Trinajstić information content (AvgIpc) is 3.62. The third kappa shape index (κ3) is 8.67. The molecule has 1 aliphatic rings. The summed E-state index contributed by atoms with van der Waals surface area (Å²) in [5.74, 6) is 0.259. The van der Waals surface area contributed by atoms with Crippen LogP contribution in [0.15, 0.2) is 108 Å². The molecule has 48 heavy (non-hydrogen) atoms. The number of carbonyl (C=O) groups excluding carboxylic acids is 2. The van der Waals surface area contributed by atoms with Gasteiger partial charge in [0.25, 0.3) is 10.0 Å². The molecule has 1 fully saturated rings. The summed E-state index contributed by atoms with van der Waals surface area (Å²) >= 11 is 6.16. The van der Waals surface area contributed by atoms with E-state index in [1.165, 1.54) is 24.1 Å². The van der Waals surface area contributed by atoms with Gasteiger partial charge >= 0.3 is 0 Å². The summed E-state index contributed by atoms with van der Waals surface area (Å²) < 4.78 is 40.2. The zero-order valence-electron chi connectivity index (χ0n) is 27.0. The molecule has 0 aromatic heterocycles. The number of halogens is 1. The zero-order chi connectivity index (χ0) is 34.1. The quantitative estimate of drug-likeness (QED) is 0.168. The maximum absolute atomic E-state index is 14.7. The molecule has 4 aromatic rings. The molecule has 0 unspecified atom stereocenters. The van der Waals surface area contributed by atoms with Crippen LogP contribution in [0.3, 0.4) is 0 Å². The van der Waals surface area contributed by atoms with Crippen molar-refractivity contribution in [1.29, 1.82) is 0 Å². The SMILES string of the molecule is COc1ccc(S(=O)(=O)N(CC(=O)N(Cc2cccc(OC)c2)[C@@H](Cc2ccccc2)C(=O)NC2CCCC2)c2ccc(Cl)cc2)cc1. The van der Waals surface area contributed by atoms with Crippen LogP contribution in [0.25, 0.3) is 0 Å². The fourth-order valence-electron chi connectivity index (χ4n) is 5.90. The number of hydrogen-bond donors (Lipinski definition) is 1. The molecule has 2 amide bonds. The highest BCUT2D eigenvalue weighted by molar-refractivity contribution is 7.92. The summed E-state index contributed by atoms with van der Waals surface area (Å²) in [6.45, 7) is -0.523. The predicted octanol–water partition coefficient (Wildman–Crippen LogP) is 6.25. The number of nitrogens with zero attached hydrogens (tertiary/aromatic N) is 2. The number of nitrogens with one attached hydrogen (secondary N) is 1. The Morgan fingerprint density at radius 2 is 1.48 bits per heavy atom. The van der Waals surface area contributed by atoms with Crippen molar-refractivity contribution in [3.63, 3.8) is 0 Å². The van der Waals surface area contributed by atoms with Crippen molar-refractivity contribution in [2.45, 2.75) is 55.6 Å². The normalized spacial score (nSPS) is 13.8. The van der Waals surface area contributed by atoms with Crippen LogP contribution in [0.1, 0.15) is 36.8 Å². The van der Waals surface area contributed by atoms with Gasteiger partial charge in [-0.2, -0.15) is 0 Å². The van der Waals surface area contributed by atoms with Crippen molar-refractivity contribution in [2.75, 3.05) is 25.1 Å². The first-order valence-corrected chi connectivity index (χ1v) is 17.7. The number of anilines is 1. The highest BCUT2D eigenvalue weighted by Gasteiger charge is 2.35. The summed E-state index contributed by atoms with van der Waals surface area (Å²) in [5.41, 5.74) is 1.85. The van der Waals surface area contributed by atoms with Gasteiger partial charge in [-0.15, -0.1) is 0 Å². The maximum Gasteiger partial charge on any atom is 0.264 e. The lowest BCUT2D eigenvalue weighted by molar-refractivity contribution is -0.140. The molecule has 0 radical (unpaired) electrons. The van der Waals surface area contributed by atoms with E-state index in [0.717, 1.165) is 41.1 Å². The Balaban J connectivity index is 1.57. The van der Waals surface area contributed by atoms with E-state index >= 15 is 0 Å². The van der Waals surface area contributed by atoms with Crippen molar-refractivity contribution in [1.82, 2.24) is 10.2 Å². The number of carbonyl (C=O) groups is 2. The van der Waals surface area contributed by atoms with E-state index in [0.29, 0.717) is 16.5 Å². The highest BCUT2D eigenvalue weighted by atomic mass is 35.5. The van der Waals surface area contributed by atoms with E-state index in [1.807, 2.05) is 42.5 Å². The van der Waals surface area contributed by atoms with Gasteiger partial charge in [0.05, 0.1) is 24.8 Å². The van der Waals surface area contributed by atoms with Crippen LogP contribution in [0.4, 0.5) is 5.69 Å². The Morgan fingerprint density at radius 3 is 2.12 bits per heavy atom. The number of hydrogen-bond acceptors (Lipinski definition) is 6. The van der Waals surface area contributed by atoms with Crippen LogP contribution in [0.5, 0.6) is 11.5 Å². The monoisotopic (exact) mass is 689 g/mol. The van der Waals surface area contributed by atoms with Crippen LogP contribution in [-0.4, -0.2) is 58.0 Å². The Morgan fingerprint density at radius 1 is 0.833 bits per heavy atom. The average molecular weight is 690 g/mol. The number of ether oxygens (including phenoxy) is 2. The van der Waals surface area contributed by atoms with Crippen molar-refractivity contribution in [2.24, 2.45) is 0 Å². The minimum atomic E-state index is -4.26. The summed E-state index contributed by atoms with van der Waals surface area (Å²) in [7, 11) is -1.21. The van der Waals surface area contributed by atoms with E-state index in [1.54, 1.807) is 55.6 Å². The second-order valence-corrected chi connectivity index (χ2v) is 14.0. The number of methoxy groups -OCH3 is 2. The van der Waals surface area contributed by atoms with Gasteiger partial charge in [0.2, 0.25) is 11.8 Å². The minimum absolute atomic E-state index is 0.0190. The van der Waals surface area contributed by atoms with Crippen LogP contribution in [0.2, 0.25) is 5.02 Å². The van der Waals surface area contributed by atoms with Gasteiger partial charge in [0, 0.05) is 24.0 Å². The van der Waals surface area contributed by atoms with Crippen molar-refractivity contribution in [3.05, 3.63) is 119 Å². The third-order valence-corrected chi connectivity index (χ3v) is 10.5. The summed E-state index contributed by atoms with van der Waals surface area (Å²) in [6.07, 6.45) is 4.04. The number of rotatable bonds is 14. The molecule has 1 N–H and O–H groups in total. The first-order chi connectivity index (χ1) is 23.2. The van der Waals surface area contributed by atoms with Gasteiger partial charge in [-0.25, -0.2) is 8.42 Å². The van der Waals surface area contributed by atoms with Gasteiger partial charge in [0.15, 0.2) is 0 Å². The van der Waals surface area contributed by atoms with E-state index in [4.69, 9.17) is 21.1 Å². The molecule has 0 spiro atoms. The first kappa shape index (κ1) is 34.8. The third-order valence-electron chi connectivity index (χ3n) is 8.50. The first-order valence-electron chi connectivity index (χ1n) is 15.9. The van der Waals surface area contributed by atoms with Crippen LogP contribution in [0, 0.1) is 0 Å². The van der Waals surface area contributed by atoms with Gasteiger partial charge in [-0.3, -0.25) is 13.9 Å². The molecule has 1 aliphatic carbocycles.